The van der Waals surface area contributed by atoms with Crippen molar-refractivity contribution < 1.29 is 9.47 Å². The van der Waals surface area contributed by atoms with Crippen molar-refractivity contribution in [2.45, 2.75) is 51.4 Å². The number of ether oxygens (including phenoxy) is 2. The first kappa shape index (κ1) is 13.2. The summed E-state index contributed by atoms with van der Waals surface area (Å²) < 4.78 is 11.1. The molecule has 1 N–H and O–H groups in total. The molecule has 1 aliphatic rings. The van der Waals surface area contributed by atoms with E-state index in [0.29, 0.717) is 12.1 Å². The highest BCUT2D eigenvalue weighted by Crippen LogP contribution is 2.27. The molecule has 1 unspecified atom stereocenters. The topological polar surface area (TPSA) is 30.5 Å². The van der Waals surface area contributed by atoms with E-state index in [1.165, 1.54) is 0 Å². The molecule has 0 aliphatic heterocycles. The number of rotatable bonds is 6. The summed E-state index contributed by atoms with van der Waals surface area (Å²) in [5.74, 6) is 0.942. The first-order valence-corrected chi connectivity index (χ1v) is 6.77. The second-order valence-corrected chi connectivity index (χ2v) is 5.03. The van der Waals surface area contributed by atoms with Gasteiger partial charge in [0.05, 0.1) is 12.2 Å². The highest BCUT2D eigenvalue weighted by atomic mass is 16.5. The van der Waals surface area contributed by atoms with Gasteiger partial charge in [0.1, 0.15) is 5.75 Å². The molecular formula is C15H23NO2. The van der Waals surface area contributed by atoms with E-state index in [2.05, 4.69) is 31.3 Å². The molecule has 1 aliphatic carbocycles. The molecule has 1 aromatic carbocycles. The van der Waals surface area contributed by atoms with Crippen LogP contribution in [0.25, 0.3) is 0 Å². The number of hydrogen-bond acceptors (Lipinski definition) is 3. The van der Waals surface area contributed by atoms with Crippen molar-refractivity contribution >= 4 is 5.69 Å². The second kappa shape index (κ2) is 6.10. The Balaban J connectivity index is 1.87. The van der Waals surface area contributed by atoms with Crippen LogP contribution in [0, 0.1) is 0 Å². The van der Waals surface area contributed by atoms with E-state index < -0.39 is 0 Å². The van der Waals surface area contributed by atoms with Crippen molar-refractivity contribution in [1.82, 2.24) is 0 Å². The highest BCUT2D eigenvalue weighted by Gasteiger charge is 2.28. The minimum atomic E-state index is 0.266. The lowest BCUT2D eigenvalue weighted by Crippen LogP contribution is -2.40. The molecule has 18 heavy (non-hydrogen) atoms. The summed E-state index contributed by atoms with van der Waals surface area (Å²) in [6.45, 7) is 4.22. The van der Waals surface area contributed by atoms with Crippen molar-refractivity contribution in [2.75, 3.05) is 12.4 Å². The van der Waals surface area contributed by atoms with Gasteiger partial charge in [0.25, 0.3) is 0 Å². The molecule has 3 nitrogen and oxygen atoms in total. The second-order valence-electron chi connectivity index (χ2n) is 5.03. The van der Waals surface area contributed by atoms with Gasteiger partial charge in [-0.25, -0.2) is 0 Å². The lowest BCUT2D eigenvalue weighted by Gasteiger charge is -2.35. The molecule has 1 saturated carbocycles. The van der Waals surface area contributed by atoms with Gasteiger partial charge in [-0.1, -0.05) is 13.0 Å². The van der Waals surface area contributed by atoms with Gasteiger partial charge in [-0.05, 0) is 38.3 Å². The van der Waals surface area contributed by atoms with E-state index in [1.807, 2.05) is 12.1 Å². The Morgan fingerprint density at radius 3 is 2.83 bits per heavy atom. The first-order valence-electron chi connectivity index (χ1n) is 6.77. The van der Waals surface area contributed by atoms with Crippen LogP contribution in [0.1, 0.15) is 33.1 Å². The molecule has 1 aromatic rings. The van der Waals surface area contributed by atoms with Crippen LogP contribution >= 0.6 is 0 Å². The molecule has 0 heterocycles. The Morgan fingerprint density at radius 2 is 2.17 bits per heavy atom. The van der Waals surface area contributed by atoms with Crippen molar-refractivity contribution in [3.8, 4) is 5.75 Å². The summed E-state index contributed by atoms with van der Waals surface area (Å²) in [4.78, 5) is 0. The minimum Gasteiger partial charge on any atom is -0.491 e. The highest BCUT2D eigenvalue weighted by molar-refractivity contribution is 5.49. The monoisotopic (exact) mass is 249 g/mol. The Labute approximate surface area is 109 Å². The largest absolute Gasteiger partial charge is 0.491 e. The van der Waals surface area contributed by atoms with Crippen molar-refractivity contribution in [2.24, 2.45) is 0 Å². The quantitative estimate of drug-likeness (QED) is 0.837. The Kier molecular flexibility index (Phi) is 4.48. The van der Waals surface area contributed by atoms with Gasteiger partial charge in [-0.15, -0.1) is 0 Å². The molecule has 2 rings (SSSR count). The maximum Gasteiger partial charge on any atom is 0.121 e. The predicted octanol–water partition coefficient (Wildman–Crippen LogP) is 3.45. The lowest BCUT2D eigenvalue weighted by molar-refractivity contribution is 0.0329. The summed E-state index contributed by atoms with van der Waals surface area (Å²) in [6, 6.07) is 8.74. The van der Waals surface area contributed by atoms with Crippen molar-refractivity contribution in [3.63, 3.8) is 0 Å². The molecule has 0 amide bonds. The van der Waals surface area contributed by atoms with Gasteiger partial charge >= 0.3 is 0 Å². The SMILES string of the molecule is CCC(C)Oc1cccc(NC2CC(OC)C2)c1. The first-order chi connectivity index (χ1) is 8.71. The molecule has 1 fully saturated rings. The zero-order valence-corrected chi connectivity index (χ0v) is 11.5. The molecule has 0 bridgehead atoms. The van der Waals surface area contributed by atoms with Gasteiger partial charge < -0.3 is 14.8 Å². The van der Waals surface area contributed by atoms with Crippen LogP contribution in [0.2, 0.25) is 0 Å². The number of anilines is 1. The zero-order chi connectivity index (χ0) is 13.0. The van der Waals surface area contributed by atoms with Crippen LogP contribution in [-0.2, 0) is 4.74 Å². The molecule has 0 aromatic heterocycles. The van der Waals surface area contributed by atoms with E-state index in [1.54, 1.807) is 7.11 Å². The molecule has 0 radical (unpaired) electrons. The summed E-state index contributed by atoms with van der Waals surface area (Å²) in [5.41, 5.74) is 1.13. The minimum absolute atomic E-state index is 0.266. The van der Waals surface area contributed by atoms with E-state index in [-0.39, 0.29) is 6.10 Å². The standard InChI is InChI=1S/C15H23NO2/c1-4-11(2)18-14-7-5-6-12(8-14)16-13-9-15(10-13)17-3/h5-8,11,13,15-16H,4,9-10H2,1-3H3. The van der Waals surface area contributed by atoms with Gasteiger partial charge in [0.15, 0.2) is 0 Å². The zero-order valence-electron chi connectivity index (χ0n) is 11.5. The van der Waals surface area contributed by atoms with Crippen LogP contribution in [0.4, 0.5) is 5.69 Å². The molecule has 100 valence electrons. The Hall–Kier alpha value is -1.22. The number of nitrogens with one attached hydrogen (secondary N) is 1. The summed E-state index contributed by atoms with van der Waals surface area (Å²) in [7, 11) is 1.78. The predicted molar refractivity (Wildman–Crippen MR) is 74.3 cm³/mol. The third-order valence-corrected chi connectivity index (χ3v) is 3.55. The van der Waals surface area contributed by atoms with Crippen LogP contribution < -0.4 is 10.1 Å². The van der Waals surface area contributed by atoms with Crippen LogP contribution in [0.15, 0.2) is 24.3 Å². The molecular weight excluding hydrogens is 226 g/mol. The third kappa shape index (κ3) is 3.39. The van der Waals surface area contributed by atoms with Gasteiger partial charge in [0, 0.05) is 24.9 Å². The van der Waals surface area contributed by atoms with E-state index in [9.17, 15) is 0 Å². The molecule has 1 atom stereocenters. The van der Waals surface area contributed by atoms with Crippen LogP contribution in [0.5, 0.6) is 5.75 Å². The average Bonchev–Trinajstić information content (AvgIpc) is 2.33. The van der Waals surface area contributed by atoms with Crippen molar-refractivity contribution in [1.29, 1.82) is 0 Å². The van der Waals surface area contributed by atoms with Crippen molar-refractivity contribution in [3.05, 3.63) is 24.3 Å². The lowest BCUT2D eigenvalue weighted by atomic mass is 9.89. The van der Waals surface area contributed by atoms with E-state index in [4.69, 9.17) is 9.47 Å². The molecule has 0 spiro atoms. The third-order valence-electron chi connectivity index (χ3n) is 3.55. The van der Waals surface area contributed by atoms with Gasteiger partial charge in [-0.3, -0.25) is 0 Å². The summed E-state index contributed by atoms with van der Waals surface area (Å²) >= 11 is 0. The van der Waals surface area contributed by atoms with E-state index in [0.717, 1.165) is 30.7 Å². The van der Waals surface area contributed by atoms with E-state index >= 15 is 0 Å². The average molecular weight is 249 g/mol. The Morgan fingerprint density at radius 1 is 1.39 bits per heavy atom. The normalized spacial score (nSPS) is 24.2. The van der Waals surface area contributed by atoms with Gasteiger partial charge in [0.2, 0.25) is 0 Å². The fraction of sp³-hybridized carbons (Fsp3) is 0.600. The maximum absolute atomic E-state index is 5.81. The fourth-order valence-corrected chi connectivity index (χ4v) is 2.09. The molecule has 0 saturated heterocycles. The van der Waals surface area contributed by atoms with Crippen LogP contribution in [0.3, 0.4) is 0 Å². The summed E-state index contributed by atoms with van der Waals surface area (Å²) in [5, 5.41) is 3.51. The fourth-order valence-electron chi connectivity index (χ4n) is 2.09. The smallest absolute Gasteiger partial charge is 0.121 e. The molecule has 3 heteroatoms. The number of hydrogen-bond donors (Lipinski definition) is 1. The summed E-state index contributed by atoms with van der Waals surface area (Å²) in [6.07, 6.45) is 3.90. The number of methoxy groups -OCH3 is 1. The van der Waals surface area contributed by atoms with Crippen LogP contribution in [-0.4, -0.2) is 25.4 Å². The number of benzene rings is 1. The maximum atomic E-state index is 5.81. The van der Waals surface area contributed by atoms with Gasteiger partial charge in [-0.2, -0.15) is 0 Å². The Bertz CT molecular complexity index is 375.